The minimum atomic E-state index is -2.60. The molecule has 29 heavy (non-hydrogen) atoms. The van der Waals surface area contributed by atoms with Crippen LogP contribution in [0.4, 0.5) is 8.78 Å². The summed E-state index contributed by atoms with van der Waals surface area (Å²) in [5, 5.41) is 0.346. The van der Waals surface area contributed by atoms with E-state index in [0.717, 1.165) is 30.4 Å². The minimum absolute atomic E-state index is 0.129. The highest BCUT2D eigenvalue weighted by molar-refractivity contribution is 5.78. The zero-order valence-electron chi connectivity index (χ0n) is 16.2. The summed E-state index contributed by atoms with van der Waals surface area (Å²) in [4.78, 5) is 18.0. The number of rotatable bonds is 4. The van der Waals surface area contributed by atoms with Crippen molar-refractivity contribution in [2.75, 3.05) is 0 Å². The van der Waals surface area contributed by atoms with Crippen LogP contribution in [0, 0.1) is 6.92 Å². The maximum absolute atomic E-state index is 13.5. The SMILES string of the molecule is Cc1nc2cc(C(F)F)ccc2c(=O)n1C(C1=CCCCC=C1)c1ccccc1. The number of alkyl halides is 2. The molecule has 1 unspecified atom stereocenters. The Bertz CT molecular complexity index is 1150. The van der Waals surface area contributed by atoms with Crippen LogP contribution in [0.25, 0.3) is 10.9 Å². The molecule has 0 amide bonds. The molecule has 0 saturated heterocycles. The van der Waals surface area contributed by atoms with Gasteiger partial charge in [-0.2, -0.15) is 0 Å². The first-order valence-corrected chi connectivity index (χ1v) is 9.79. The first kappa shape index (κ1) is 19.2. The molecule has 0 N–H and O–H groups in total. The number of benzene rings is 2. The molecule has 0 aliphatic heterocycles. The Morgan fingerprint density at radius 2 is 1.83 bits per heavy atom. The predicted octanol–water partition coefficient (Wildman–Crippen LogP) is 5.90. The van der Waals surface area contributed by atoms with E-state index in [1.54, 1.807) is 11.5 Å². The fourth-order valence-corrected chi connectivity index (χ4v) is 3.89. The standard InChI is InChI=1S/C24H22F2N2O/c1-16-27-21-15-19(23(25)26)13-14-20(21)24(29)28(16)22(18-11-7-4-8-12-18)17-9-5-2-3-6-10-17/h4-5,7-15,22-23H,2-3,6H2,1H3. The lowest BCUT2D eigenvalue weighted by Crippen LogP contribution is -2.29. The fourth-order valence-electron chi connectivity index (χ4n) is 3.89. The summed E-state index contributed by atoms with van der Waals surface area (Å²) in [6, 6.07) is 13.6. The van der Waals surface area contributed by atoms with Crippen LogP contribution in [-0.2, 0) is 0 Å². The van der Waals surface area contributed by atoms with Crippen molar-refractivity contribution in [3.63, 3.8) is 0 Å². The average molecular weight is 392 g/mol. The van der Waals surface area contributed by atoms with E-state index in [1.807, 2.05) is 30.3 Å². The van der Waals surface area contributed by atoms with Crippen LogP contribution in [0.1, 0.15) is 48.7 Å². The third-order valence-electron chi connectivity index (χ3n) is 5.31. The van der Waals surface area contributed by atoms with Gasteiger partial charge in [-0.3, -0.25) is 9.36 Å². The smallest absolute Gasteiger partial charge is 0.263 e. The summed E-state index contributed by atoms with van der Waals surface area (Å²) in [5.41, 5.74) is 1.99. The van der Waals surface area contributed by atoms with Gasteiger partial charge in [0, 0.05) is 5.56 Å². The second-order valence-electron chi connectivity index (χ2n) is 7.26. The zero-order valence-corrected chi connectivity index (χ0v) is 16.2. The summed E-state index contributed by atoms with van der Waals surface area (Å²) < 4.78 is 27.8. The van der Waals surface area contributed by atoms with E-state index >= 15 is 0 Å². The minimum Gasteiger partial charge on any atom is -0.285 e. The molecule has 1 aliphatic carbocycles. The number of hydrogen-bond donors (Lipinski definition) is 0. The van der Waals surface area contributed by atoms with Crippen LogP contribution in [0.5, 0.6) is 0 Å². The summed E-state index contributed by atoms with van der Waals surface area (Å²) in [6.45, 7) is 1.76. The maximum Gasteiger partial charge on any atom is 0.263 e. The lowest BCUT2D eigenvalue weighted by molar-refractivity contribution is 0.151. The van der Waals surface area contributed by atoms with Crippen molar-refractivity contribution in [1.29, 1.82) is 0 Å². The number of fused-ring (bicyclic) bond motifs is 1. The van der Waals surface area contributed by atoms with Crippen LogP contribution in [0.15, 0.2) is 77.1 Å². The van der Waals surface area contributed by atoms with Gasteiger partial charge in [0.15, 0.2) is 0 Å². The second-order valence-corrected chi connectivity index (χ2v) is 7.26. The van der Waals surface area contributed by atoms with Gasteiger partial charge in [0.25, 0.3) is 12.0 Å². The number of nitrogens with zero attached hydrogens (tertiary/aromatic N) is 2. The fraction of sp³-hybridized carbons (Fsp3) is 0.250. The van der Waals surface area contributed by atoms with E-state index in [0.29, 0.717) is 16.7 Å². The van der Waals surface area contributed by atoms with Crippen LogP contribution in [0.2, 0.25) is 0 Å². The second kappa shape index (κ2) is 8.11. The summed E-state index contributed by atoms with van der Waals surface area (Å²) in [5.74, 6) is 0.501. The van der Waals surface area contributed by atoms with Crippen molar-refractivity contribution in [3.8, 4) is 0 Å². The average Bonchev–Trinajstić information content (AvgIpc) is 3.00. The molecule has 0 saturated carbocycles. The Morgan fingerprint density at radius 1 is 1.03 bits per heavy atom. The molecule has 3 aromatic rings. The normalized spacial score (nSPS) is 15.4. The number of allylic oxidation sites excluding steroid dienone is 4. The van der Waals surface area contributed by atoms with Crippen LogP contribution in [-0.4, -0.2) is 9.55 Å². The molecule has 4 rings (SSSR count). The highest BCUT2D eigenvalue weighted by atomic mass is 19.3. The van der Waals surface area contributed by atoms with Gasteiger partial charge in [-0.15, -0.1) is 0 Å². The van der Waals surface area contributed by atoms with Gasteiger partial charge < -0.3 is 0 Å². The van der Waals surface area contributed by atoms with Crippen molar-refractivity contribution in [2.24, 2.45) is 0 Å². The van der Waals surface area contributed by atoms with Gasteiger partial charge in [0.1, 0.15) is 5.82 Å². The van der Waals surface area contributed by atoms with E-state index in [1.165, 1.54) is 18.2 Å². The predicted molar refractivity (Wildman–Crippen MR) is 111 cm³/mol. The Labute approximate surface area is 168 Å². The molecular formula is C24H22F2N2O. The summed E-state index contributed by atoms with van der Waals surface area (Å²) in [6.07, 6.45) is 6.82. The summed E-state index contributed by atoms with van der Waals surface area (Å²) in [7, 11) is 0. The van der Waals surface area contributed by atoms with E-state index < -0.39 is 6.43 Å². The highest BCUT2D eigenvalue weighted by Crippen LogP contribution is 2.30. The number of aryl methyl sites for hydroxylation is 1. The lowest BCUT2D eigenvalue weighted by Gasteiger charge is -2.24. The van der Waals surface area contributed by atoms with Crippen molar-refractivity contribution in [2.45, 2.75) is 38.7 Å². The van der Waals surface area contributed by atoms with E-state index in [2.05, 4.69) is 23.2 Å². The van der Waals surface area contributed by atoms with Crippen molar-refractivity contribution < 1.29 is 8.78 Å². The molecule has 1 atom stereocenters. The topological polar surface area (TPSA) is 34.9 Å². The molecule has 0 bridgehead atoms. The van der Waals surface area contributed by atoms with Gasteiger partial charge in [-0.1, -0.05) is 54.6 Å². The van der Waals surface area contributed by atoms with Gasteiger partial charge in [-0.05, 0) is 49.5 Å². The van der Waals surface area contributed by atoms with Crippen LogP contribution >= 0.6 is 0 Å². The highest BCUT2D eigenvalue weighted by Gasteiger charge is 2.23. The van der Waals surface area contributed by atoms with Crippen molar-refractivity contribution in [1.82, 2.24) is 9.55 Å². The largest absolute Gasteiger partial charge is 0.285 e. The molecule has 0 fully saturated rings. The third-order valence-corrected chi connectivity index (χ3v) is 5.31. The molecule has 5 heteroatoms. The van der Waals surface area contributed by atoms with Gasteiger partial charge >= 0.3 is 0 Å². The molecule has 148 valence electrons. The Balaban J connectivity index is 1.96. The van der Waals surface area contributed by atoms with E-state index in [9.17, 15) is 13.6 Å². The van der Waals surface area contributed by atoms with Crippen molar-refractivity contribution in [3.05, 3.63) is 99.6 Å². The molecule has 0 radical (unpaired) electrons. The first-order valence-electron chi connectivity index (χ1n) is 9.79. The van der Waals surface area contributed by atoms with Gasteiger partial charge in [-0.25, -0.2) is 13.8 Å². The van der Waals surface area contributed by atoms with Gasteiger partial charge in [0.2, 0.25) is 0 Å². The summed E-state index contributed by atoms with van der Waals surface area (Å²) >= 11 is 0. The molecule has 1 aliphatic rings. The van der Waals surface area contributed by atoms with E-state index in [4.69, 9.17) is 0 Å². The molecule has 1 aromatic heterocycles. The Morgan fingerprint density at radius 3 is 2.59 bits per heavy atom. The van der Waals surface area contributed by atoms with E-state index in [-0.39, 0.29) is 17.2 Å². The Hall–Kier alpha value is -3.08. The molecule has 0 spiro atoms. The van der Waals surface area contributed by atoms with Crippen LogP contribution in [0.3, 0.4) is 0 Å². The van der Waals surface area contributed by atoms with Gasteiger partial charge in [0.05, 0.1) is 16.9 Å². The number of hydrogen-bond acceptors (Lipinski definition) is 2. The molecule has 3 nitrogen and oxygen atoms in total. The molecule has 2 aromatic carbocycles. The quantitative estimate of drug-likeness (QED) is 0.554. The molecular weight excluding hydrogens is 370 g/mol. The maximum atomic E-state index is 13.5. The Kier molecular flexibility index (Phi) is 5.38. The lowest BCUT2D eigenvalue weighted by atomic mass is 9.96. The number of aromatic nitrogens is 2. The van der Waals surface area contributed by atoms with Crippen LogP contribution < -0.4 is 5.56 Å². The monoisotopic (exact) mass is 392 g/mol. The molecule has 1 heterocycles. The first-order chi connectivity index (χ1) is 14.1. The number of halogens is 2. The van der Waals surface area contributed by atoms with Crippen molar-refractivity contribution >= 4 is 10.9 Å². The zero-order chi connectivity index (χ0) is 20.4. The third kappa shape index (κ3) is 3.77.